The van der Waals surface area contributed by atoms with Crippen molar-refractivity contribution in [2.24, 2.45) is 0 Å². The molecule has 1 heterocycles. The molecule has 0 saturated carbocycles. The van der Waals surface area contributed by atoms with Crippen molar-refractivity contribution < 1.29 is 19.1 Å². The third kappa shape index (κ3) is 3.16. The van der Waals surface area contributed by atoms with E-state index in [9.17, 15) is 4.79 Å². The van der Waals surface area contributed by atoms with E-state index in [4.69, 9.17) is 25.9 Å². The van der Waals surface area contributed by atoms with E-state index in [1.54, 1.807) is 13.0 Å². The van der Waals surface area contributed by atoms with E-state index in [2.05, 4.69) is 15.9 Å². The maximum atomic E-state index is 10.8. The summed E-state index contributed by atoms with van der Waals surface area (Å²) in [5.74, 6) is -0.0995. The van der Waals surface area contributed by atoms with Crippen LogP contribution in [0.1, 0.15) is 27.4 Å². The van der Waals surface area contributed by atoms with Crippen molar-refractivity contribution in [3.8, 4) is 5.75 Å². The van der Waals surface area contributed by atoms with E-state index in [1.165, 1.54) is 6.07 Å². The van der Waals surface area contributed by atoms with Gasteiger partial charge in [0, 0.05) is 10.0 Å². The fraction of sp³-hybridized carbons (Fsp3) is 0.214. The monoisotopic (exact) mass is 358 g/mol. The Bertz CT molecular complexity index is 640. The van der Waals surface area contributed by atoms with Gasteiger partial charge in [0.05, 0.1) is 5.02 Å². The highest BCUT2D eigenvalue weighted by atomic mass is 79.9. The average molecular weight is 360 g/mol. The number of carbonyl (C=O) groups is 1. The summed E-state index contributed by atoms with van der Waals surface area (Å²) in [5.41, 5.74) is 1.57. The second kappa shape index (κ2) is 5.89. The first-order valence-electron chi connectivity index (χ1n) is 5.79. The summed E-state index contributed by atoms with van der Waals surface area (Å²) >= 11 is 9.48. The number of hydrogen-bond donors (Lipinski definition) is 1. The molecule has 2 rings (SSSR count). The van der Waals surface area contributed by atoms with Crippen molar-refractivity contribution in [2.75, 3.05) is 0 Å². The Balaban J connectivity index is 2.19. The van der Waals surface area contributed by atoms with Gasteiger partial charge in [-0.05, 0) is 37.6 Å². The van der Waals surface area contributed by atoms with Gasteiger partial charge in [-0.3, -0.25) is 0 Å². The lowest BCUT2D eigenvalue weighted by atomic mass is 10.2. The van der Waals surface area contributed by atoms with E-state index in [-0.39, 0.29) is 12.4 Å². The zero-order chi connectivity index (χ0) is 14.9. The number of rotatable bonds is 4. The molecule has 0 fully saturated rings. The summed E-state index contributed by atoms with van der Waals surface area (Å²) in [5, 5.41) is 9.36. The molecule has 0 saturated heterocycles. The summed E-state index contributed by atoms with van der Waals surface area (Å²) in [7, 11) is 0. The number of ether oxygens (including phenoxy) is 1. The molecule has 6 heteroatoms. The number of hydrogen-bond acceptors (Lipinski definition) is 3. The molecule has 2 aromatic rings. The van der Waals surface area contributed by atoms with Crippen LogP contribution < -0.4 is 4.74 Å². The maximum Gasteiger partial charge on any atom is 0.371 e. The van der Waals surface area contributed by atoms with Gasteiger partial charge in [-0.2, -0.15) is 0 Å². The lowest BCUT2D eigenvalue weighted by molar-refractivity contribution is 0.0661. The molecule has 0 amide bonds. The van der Waals surface area contributed by atoms with Gasteiger partial charge >= 0.3 is 5.97 Å². The molecule has 0 unspecified atom stereocenters. The van der Waals surface area contributed by atoms with Gasteiger partial charge in [0.15, 0.2) is 0 Å². The van der Waals surface area contributed by atoms with E-state index < -0.39 is 5.97 Å². The van der Waals surface area contributed by atoms with Crippen LogP contribution in [0.5, 0.6) is 5.75 Å². The van der Waals surface area contributed by atoms with Crippen LogP contribution >= 0.6 is 27.5 Å². The highest BCUT2D eigenvalue weighted by Crippen LogP contribution is 2.32. The molecule has 1 N–H and O–H groups in total. The van der Waals surface area contributed by atoms with Gasteiger partial charge in [0.1, 0.15) is 18.1 Å². The van der Waals surface area contributed by atoms with Crippen molar-refractivity contribution in [1.29, 1.82) is 0 Å². The summed E-state index contributed by atoms with van der Waals surface area (Å²) < 4.78 is 11.7. The molecule has 4 nitrogen and oxygen atoms in total. The quantitative estimate of drug-likeness (QED) is 0.867. The van der Waals surface area contributed by atoms with E-state index in [0.29, 0.717) is 22.1 Å². The van der Waals surface area contributed by atoms with Crippen molar-refractivity contribution in [3.05, 3.63) is 50.3 Å². The van der Waals surface area contributed by atoms with Crippen LogP contribution in [0.15, 0.2) is 27.1 Å². The number of carboxylic acids is 1. The van der Waals surface area contributed by atoms with Crippen LogP contribution in [0.3, 0.4) is 0 Å². The van der Waals surface area contributed by atoms with E-state index >= 15 is 0 Å². The largest absolute Gasteiger partial charge is 0.487 e. The average Bonchev–Trinajstić information content (AvgIpc) is 2.70. The first-order chi connectivity index (χ1) is 9.38. The zero-order valence-electron chi connectivity index (χ0n) is 10.9. The minimum Gasteiger partial charge on any atom is -0.487 e. The summed E-state index contributed by atoms with van der Waals surface area (Å²) in [6.45, 7) is 3.78. The van der Waals surface area contributed by atoms with Crippen LogP contribution in [0.25, 0.3) is 0 Å². The van der Waals surface area contributed by atoms with Crippen LogP contribution in [-0.2, 0) is 6.61 Å². The minimum absolute atomic E-state index is 0.0975. The van der Waals surface area contributed by atoms with Gasteiger partial charge in [-0.1, -0.05) is 27.5 Å². The molecule has 0 aliphatic heterocycles. The van der Waals surface area contributed by atoms with Crippen LogP contribution in [0.4, 0.5) is 0 Å². The predicted molar refractivity (Wildman–Crippen MR) is 78.6 cm³/mol. The van der Waals surface area contributed by atoms with Crippen molar-refractivity contribution >= 4 is 33.5 Å². The number of carboxylic acid groups (broad SMARTS) is 1. The number of benzene rings is 1. The highest BCUT2D eigenvalue weighted by Gasteiger charge is 2.14. The van der Waals surface area contributed by atoms with Gasteiger partial charge in [0.25, 0.3) is 0 Å². The second-order valence-corrected chi connectivity index (χ2v) is 5.64. The SMILES string of the molecule is Cc1cc(Br)cc(Cl)c1OCc1cc(C(=O)O)oc1C. The Labute approximate surface area is 129 Å². The molecule has 0 spiro atoms. The molecule has 1 aromatic heterocycles. The number of aromatic carboxylic acids is 1. The molecule has 1 aromatic carbocycles. The minimum atomic E-state index is -1.10. The standard InChI is InChI=1S/C14H12BrClO4/c1-7-3-10(15)5-11(16)13(7)19-6-9-4-12(14(17)18)20-8(9)2/h3-5H,6H2,1-2H3,(H,17,18). The fourth-order valence-corrected chi connectivity index (χ4v) is 2.82. The topological polar surface area (TPSA) is 59.7 Å². The third-order valence-electron chi connectivity index (χ3n) is 2.80. The molecule has 0 aliphatic rings. The Morgan fingerprint density at radius 3 is 2.65 bits per heavy atom. The summed E-state index contributed by atoms with van der Waals surface area (Å²) in [6.07, 6.45) is 0. The molecular formula is C14H12BrClO4. The molecule has 106 valence electrons. The van der Waals surface area contributed by atoms with E-state index in [0.717, 1.165) is 10.0 Å². The first kappa shape index (κ1) is 14.9. The van der Waals surface area contributed by atoms with Crippen molar-refractivity contribution in [3.63, 3.8) is 0 Å². The van der Waals surface area contributed by atoms with Crippen LogP contribution in [0.2, 0.25) is 5.02 Å². The second-order valence-electron chi connectivity index (χ2n) is 4.32. The van der Waals surface area contributed by atoms with Gasteiger partial charge in [0.2, 0.25) is 5.76 Å². The Hall–Kier alpha value is -1.46. The molecule has 20 heavy (non-hydrogen) atoms. The Kier molecular flexibility index (Phi) is 4.40. The third-order valence-corrected chi connectivity index (χ3v) is 3.54. The lowest BCUT2D eigenvalue weighted by Crippen LogP contribution is -1.98. The molecule has 0 radical (unpaired) electrons. The molecule has 0 aliphatic carbocycles. The first-order valence-corrected chi connectivity index (χ1v) is 6.96. The smallest absolute Gasteiger partial charge is 0.371 e. The normalized spacial score (nSPS) is 10.6. The highest BCUT2D eigenvalue weighted by molar-refractivity contribution is 9.10. The number of furan rings is 1. The summed E-state index contributed by atoms with van der Waals surface area (Å²) in [4.78, 5) is 10.8. The molecular weight excluding hydrogens is 348 g/mol. The van der Waals surface area contributed by atoms with E-state index in [1.807, 2.05) is 13.0 Å². The summed E-state index contributed by atoms with van der Waals surface area (Å²) in [6, 6.07) is 5.10. The van der Waals surface area contributed by atoms with Crippen LogP contribution in [-0.4, -0.2) is 11.1 Å². The van der Waals surface area contributed by atoms with Gasteiger partial charge < -0.3 is 14.3 Å². The Morgan fingerprint density at radius 2 is 2.10 bits per heavy atom. The predicted octanol–water partition coefficient (Wildman–Crippen LogP) is 4.59. The van der Waals surface area contributed by atoms with Crippen molar-refractivity contribution in [1.82, 2.24) is 0 Å². The lowest BCUT2D eigenvalue weighted by Gasteiger charge is -2.11. The maximum absolute atomic E-state index is 10.8. The van der Waals surface area contributed by atoms with Gasteiger partial charge in [-0.15, -0.1) is 0 Å². The molecule has 0 atom stereocenters. The van der Waals surface area contributed by atoms with Crippen LogP contribution in [0, 0.1) is 13.8 Å². The zero-order valence-corrected chi connectivity index (χ0v) is 13.2. The van der Waals surface area contributed by atoms with Gasteiger partial charge in [-0.25, -0.2) is 4.79 Å². The fourth-order valence-electron chi connectivity index (χ4n) is 1.79. The van der Waals surface area contributed by atoms with Crippen molar-refractivity contribution in [2.45, 2.75) is 20.5 Å². The number of halogens is 2. The molecule has 0 bridgehead atoms. The number of aryl methyl sites for hydroxylation is 2. The Morgan fingerprint density at radius 1 is 1.40 bits per heavy atom.